The van der Waals surface area contributed by atoms with E-state index in [0.29, 0.717) is 19.6 Å². The van der Waals surface area contributed by atoms with Gasteiger partial charge < -0.3 is 20.0 Å². The molecule has 29 heavy (non-hydrogen) atoms. The molecular weight excluding hydrogens is 371 g/mol. The highest BCUT2D eigenvalue weighted by Crippen LogP contribution is 2.17. The van der Waals surface area contributed by atoms with Gasteiger partial charge in [0.1, 0.15) is 5.82 Å². The third-order valence-electron chi connectivity index (χ3n) is 5.99. The summed E-state index contributed by atoms with van der Waals surface area (Å²) in [6, 6.07) is 6.08. The van der Waals surface area contributed by atoms with E-state index in [9.17, 15) is 14.0 Å². The Bertz CT molecular complexity index is 676. The van der Waals surface area contributed by atoms with E-state index < -0.39 is 0 Å². The van der Waals surface area contributed by atoms with Crippen LogP contribution in [-0.4, -0.2) is 71.9 Å². The first-order chi connectivity index (χ1) is 14.0. The molecule has 0 saturated carbocycles. The maximum Gasteiger partial charge on any atom is 0.317 e. The second kappa shape index (κ2) is 10.6. The maximum atomic E-state index is 13.0. The lowest BCUT2D eigenvalue weighted by Crippen LogP contribution is -2.54. The fourth-order valence-electron chi connectivity index (χ4n) is 4.31. The van der Waals surface area contributed by atoms with E-state index in [4.69, 9.17) is 0 Å². The number of likely N-dealkylation sites (tertiary alicyclic amines) is 2. The lowest BCUT2D eigenvalue weighted by molar-refractivity contribution is -0.132. The molecular formula is C22H33FN4O2. The molecule has 1 aromatic carbocycles. The molecule has 1 aromatic rings. The molecule has 0 aliphatic carbocycles. The number of amides is 3. The van der Waals surface area contributed by atoms with Crippen molar-refractivity contribution >= 4 is 11.9 Å². The predicted octanol–water partition coefficient (Wildman–Crippen LogP) is 2.83. The summed E-state index contributed by atoms with van der Waals surface area (Å²) in [6.45, 7) is 7.13. The Morgan fingerprint density at radius 1 is 1.10 bits per heavy atom. The van der Waals surface area contributed by atoms with Crippen molar-refractivity contribution in [3.05, 3.63) is 35.6 Å². The smallest absolute Gasteiger partial charge is 0.317 e. The molecule has 6 nitrogen and oxygen atoms in total. The third kappa shape index (κ3) is 6.42. The molecule has 2 heterocycles. The largest absolute Gasteiger partial charge is 0.337 e. The molecule has 1 unspecified atom stereocenters. The van der Waals surface area contributed by atoms with Gasteiger partial charge in [0, 0.05) is 45.7 Å². The molecule has 0 spiro atoms. The molecule has 1 atom stereocenters. The van der Waals surface area contributed by atoms with Crippen LogP contribution < -0.4 is 5.32 Å². The number of carbonyl (C=O) groups is 2. The van der Waals surface area contributed by atoms with E-state index in [0.717, 1.165) is 44.6 Å². The van der Waals surface area contributed by atoms with Crippen LogP contribution in [0.25, 0.3) is 0 Å². The van der Waals surface area contributed by atoms with Crippen molar-refractivity contribution in [2.24, 2.45) is 0 Å². The Morgan fingerprint density at radius 2 is 1.83 bits per heavy atom. The summed E-state index contributed by atoms with van der Waals surface area (Å²) in [7, 11) is 0. The zero-order valence-electron chi connectivity index (χ0n) is 17.4. The summed E-state index contributed by atoms with van der Waals surface area (Å²) >= 11 is 0. The number of carbonyl (C=O) groups excluding carboxylic acids is 2. The van der Waals surface area contributed by atoms with Gasteiger partial charge in [-0.2, -0.15) is 0 Å². The average Bonchev–Trinajstić information content (AvgIpc) is 2.74. The first-order valence-corrected chi connectivity index (χ1v) is 10.8. The van der Waals surface area contributed by atoms with Crippen molar-refractivity contribution in [2.75, 3.05) is 39.3 Å². The normalized spacial score (nSPS) is 20.3. The number of nitrogens with zero attached hydrogens (tertiary/aromatic N) is 3. The van der Waals surface area contributed by atoms with Crippen molar-refractivity contribution < 1.29 is 14.0 Å². The summed E-state index contributed by atoms with van der Waals surface area (Å²) in [5, 5.41) is 2.91. The van der Waals surface area contributed by atoms with Gasteiger partial charge in [0.25, 0.3) is 0 Å². The van der Waals surface area contributed by atoms with Gasteiger partial charge in [-0.1, -0.05) is 18.6 Å². The fraction of sp³-hybridized carbons (Fsp3) is 0.636. The highest BCUT2D eigenvalue weighted by molar-refractivity contribution is 5.75. The molecule has 160 valence electrons. The summed E-state index contributed by atoms with van der Waals surface area (Å²) in [5.41, 5.74) is 0.861. The van der Waals surface area contributed by atoms with Crippen molar-refractivity contribution in [3.8, 4) is 0 Å². The second-order valence-corrected chi connectivity index (χ2v) is 8.14. The van der Waals surface area contributed by atoms with E-state index in [-0.39, 0.29) is 23.8 Å². The molecule has 0 aromatic heterocycles. The van der Waals surface area contributed by atoms with Crippen molar-refractivity contribution in [3.63, 3.8) is 0 Å². The first-order valence-electron chi connectivity index (χ1n) is 10.8. The molecule has 0 radical (unpaired) electrons. The van der Waals surface area contributed by atoms with Gasteiger partial charge in [0.15, 0.2) is 0 Å². The van der Waals surface area contributed by atoms with Gasteiger partial charge in [-0.3, -0.25) is 4.79 Å². The van der Waals surface area contributed by atoms with Gasteiger partial charge in [0.05, 0.1) is 0 Å². The molecule has 2 aliphatic rings. The van der Waals surface area contributed by atoms with Crippen LogP contribution in [0.3, 0.4) is 0 Å². The Hall–Kier alpha value is -2.15. The zero-order valence-corrected chi connectivity index (χ0v) is 17.4. The number of benzene rings is 1. The van der Waals surface area contributed by atoms with E-state index in [2.05, 4.69) is 10.2 Å². The minimum Gasteiger partial charge on any atom is -0.337 e. The van der Waals surface area contributed by atoms with Crippen molar-refractivity contribution in [1.82, 2.24) is 20.0 Å². The van der Waals surface area contributed by atoms with Gasteiger partial charge in [0.2, 0.25) is 5.91 Å². The van der Waals surface area contributed by atoms with Crippen LogP contribution in [0.5, 0.6) is 0 Å². The summed E-state index contributed by atoms with van der Waals surface area (Å²) < 4.78 is 13.0. The zero-order chi connectivity index (χ0) is 20.6. The number of urea groups is 1. The van der Waals surface area contributed by atoms with Gasteiger partial charge in [-0.25, -0.2) is 9.18 Å². The predicted molar refractivity (Wildman–Crippen MR) is 111 cm³/mol. The van der Waals surface area contributed by atoms with Crippen LogP contribution in [-0.2, 0) is 11.3 Å². The molecule has 1 N–H and O–H groups in total. The Labute approximate surface area is 173 Å². The maximum absolute atomic E-state index is 13.0. The SMILES string of the molecule is CC(=O)N(CCN1CCCCC1)C1CCCN(C(=O)NCc2ccc(F)cc2)C1. The molecule has 3 rings (SSSR count). The highest BCUT2D eigenvalue weighted by Gasteiger charge is 2.29. The number of rotatable bonds is 6. The van der Waals surface area contributed by atoms with Crippen molar-refractivity contribution in [1.29, 1.82) is 0 Å². The first kappa shape index (κ1) is 21.6. The van der Waals surface area contributed by atoms with Crippen molar-refractivity contribution in [2.45, 2.75) is 51.6 Å². The quantitative estimate of drug-likeness (QED) is 0.793. The van der Waals surface area contributed by atoms with Gasteiger partial charge in [-0.15, -0.1) is 0 Å². The second-order valence-electron chi connectivity index (χ2n) is 8.14. The monoisotopic (exact) mass is 404 g/mol. The third-order valence-corrected chi connectivity index (χ3v) is 5.99. The van der Waals surface area contributed by atoms with E-state index >= 15 is 0 Å². The number of halogens is 1. The summed E-state index contributed by atoms with van der Waals surface area (Å²) in [4.78, 5) is 31.1. The van der Waals surface area contributed by atoms with Crippen LogP contribution in [0.1, 0.15) is 44.6 Å². The number of hydrogen-bond acceptors (Lipinski definition) is 3. The molecule has 3 amide bonds. The standard InChI is InChI=1S/C22H33FN4O2/c1-18(28)27(15-14-25-11-3-2-4-12-25)21-6-5-13-26(17-21)22(29)24-16-19-7-9-20(23)10-8-19/h7-10,21H,2-6,11-17H2,1H3,(H,24,29). The Balaban J connectivity index is 1.50. The number of hydrogen-bond donors (Lipinski definition) is 1. The number of piperidine rings is 2. The Kier molecular flexibility index (Phi) is 7.86. The van der Waals surface area contributed by atoms with Crippen LogP contribution in [0.15, 0.2) is 24.3 Å². The van der Waals surface area contributed by atoms with Gasteiger partial charge >= 0.3 is 6.03 Å². The topological polar surface area (TPSA) is 55.9 Å². The van der Waals surface area contributed by atoms with Crippen LogP contribution in [0.4, 0.5) is 9.18 Å². The van der Waals surface area contributed by atoms with E-state index in [1.807, 2.05) is 4.90 Å². The number of nitrogens with one attached hydrogen (secondary N) is 1. The van der Waals surface area contributed by atoms with Crippen LogP contribution in [0.2, 0.25) is 0 Å². The van der Waals surface area contributed by atoms with E-state index in [1.165, 1.54) is 31.4 Å². The Morgan fingerprint density at radius 3 is 2.52 bits per heavy atom. The average molecular weight is 405 g/mol. The molecule has 2 aliphatic heterocycles. The lowest BCUT2D eigenvalue weighted by atomic mass is 10.0. The molecule has 0 bridgehead atoms. The molecule has 7 heteroatoms. The lowest BCUT2D eigenvalue weighted by Gasteiger charge is -2.40. The van der Waals surface area contributed by atoms with Crippen LogP contribution >= 0.6 is 0 Å². The fourth-order valence-corrected chi connectivity index (χ4v) is 4.31. The van der Waals surface area contributed by atoms with Crippen LogP contribution in [0, 0.1) is 5.82 Å². The highest BCUT2D eigenvalue weighted by atomic mass is 19.1. The minimum atomic E-state index is -0.284. The van der Waals surface area contributed by atoms with Gasteiger partial charge in [-0.05, 0) is 56.5 Å². The summed E-state index contributed by atoms with van der Waals surface area (Å²) in [5.74, 6) is -0.201. The van der Waals surface area contributed by atoms with E-state index in [1.54, 1.807) is 24.0 Å². The summed E-state index contributed by atoms with van der Waals surface area (Å²) in [6.07, 6.45) is 5.61. The molecule has 2 saturated heterocycles. The molecule has 2 fully saturated rings. The minimum absolute atomic E-state index is 0.0719.